The van der Waals surface area contributed by atoms with Gasteiger partial charge in [-0.1, -0.05) is 17.7 Å². The summed E-state index contributed by atoms with van der Waals surface area (Å²) in [6.45, 7) is 4.06. The first-order valence-corrected chi connectivity index (χ1v) is 10.4. The number of rotatable bonds is 6. The summed E-state index contributed by atoms with van der Waals surface area (Å²) in [6, 6.07) is 11.6. The number of hydrogen-bond donors (Lipinski definition) is 0. The van der Waals surface area contributed by atoms with Gasteiger partial charge in [-0.3, -0.25) is 4.79 Å². The van der Waals surface area contributed by atoms with Gasteiger partial charge in [-0.15, -0.1) is 0 Å². The Balaban J connectivity index is 2.55. The zero-order chi connectivity index (χ0) is 21.1. The first kappa shape index (κ1) is 21.9. The molecule has 0 aliphatic heterocycles. The van der Waals surface area contributed by atoms with E-state index < -0.39 is 15.9 Å². The Kier molecular flexibility index (Phi) is 6.83. The van der Waals surface area contributed by atoms with Gasteiger partial charge in [0.15, 0.2) is 0 Å². The normalized spacial score (nSPS) is 11.3. The molecule has 8 heteroatoms. The maximum atomic E-state index is 13.2. The van der Waals surface area contributed by atoms with E-state index >= 15 is 0 Å². The number of anilines is 1. The number of benzene rings is 2. The maximum Gasteiger partial charge on any atom is 0.259 e. The number of sulfonamides is 1. The summed E-state index contributed by atoms with van der Waals surface area (Å²) in [5.41, 5.74) is 2.77. The van der Waals surface area contributed by atoms with E-state index in [-0.39, 0.29) is 28.4 Å². The van der Waals surface area contributed by atoms with E-state index in [2.05, 4.69) is 0 Å². The molecule has 6 nitrogen and oxygen atoms in total. The number of hydrogen-bond acceptors (Lipinski definition) is 4. The molecule has 148 valence electrons. The fraction of sp³-hybridized carbons (Fsp3) is 0.300. The van der Waals surface area contributed by atoms with Gasteiger partial charge in [0.05, 0.1) is 28.0 Å². The zero-order valence-corrected chi connectivity index (χ0v) is 17.8. The van der Waals surface area contributed by atoms with Crippen molar-refractivity contribution < 1.29 is 13.2 Å². The molecule has 0 N–H and O–H groups in total. The predicted molar refractivity (Wildman–Crippen MR) is 110 cm³/mol. The minimum absolute atomic E-state index is 0.0226. The summed E-state index contributed by atoms with van der Waals surface area (Å²) in [7, 11) is -0.885. The van der Waals surface area contributed by atoms with E-state index in [0.29, 0.717) is 5.69 Å². The Morgan fingerprint density at radius 2 is 1.79 bits per heavy atom. The number of amides is 1. The largest absolute Gasteiger partial charge is 0.307 e. The first-order valence-electron chi connectivity index (χ1n) is 8.57. The Morgan fingerprint density at radius 1 is 1.11 bits per heavy atom. The number of carbonyl (C=O) groups is 1. The van der Waals surface area contributed by atoms with E-state index in [1.807, 2.05) is 32.0 Å². The molecule has 0 saturated carbocycles. The second kappa shape index (κ2) is 8.74. The lowest BCUT2D eigenvalue weighted by Gasteiger charge is -2.24. The van der Waals surface area contributed by atoms with Crippen LogP contribution in [0.5, 0.6) is 0 Å². The van der Waals surface area contributed by atoms with E-state index in [1.165, 1.54) is 37.2 Å². The molecule has 28 heavy (non-hydrogen) atoms. The average Bonchev–Trinajstić information content (AvgIpc) is 2.64. The molecular formula is C20H22ClN3O3S. The Bertz CT molecular complexity index is 1040. The molecule has 0 radical (unpaired) electrons. The van der Waals surface area contributed by atoms with E-state index in [9.17, 15) is 13.2 Å². The number of carbonyl (C=O) groups excluding carboxylic acids is 1. The van der Waals surface area contributed by atoms with Crippen LogP contribution in [0.2, 0.25) is 5.02 Å². The zero-order valence-electron chi connectivity index (χ0n) is 16.2. The molecule has 0 atom stereocenters. The third kappa shape index (κ3) is 4.53. The van der Waals surface area contributed by atoms with E-state index in [1.54, 1.807) is 6.07 Å². The highest BCUT2D eigenvalue weighted by molar-refractivity contribution is 7.89. The van der Waals surface area contributed by atoms with Crippen LogP contribution in [0, 0.1) is 25.2 Å². The highest BCUT2D eigenvalue weighted by Gasteiger charge is 2.24. The summed E-state index contributed by atoms with van der Waals surface area (Å²) < 4.78 is 25.9. The lowest BCUT2D eigenvalue weighted by atomic mass is 10.1. The third-order valence-electron chi connectivity index (χ3n) is 4.44. The third-order valence-corrected chi connectivity index (χ3v) is 6.58. The van der Waals surface area contributed by atoms with Crippen LogP contribution in [0.15, 0.2) is 41.3 Å². The smallest absolute Gasteiger partial charge is 0.259 e. The predicted octanol–water partition coefficient (Wildman–Crippen LogP) is 3.77. The van der Waals surface area contributed by atoms with Gasteiger partial charge < -0.3 is 4.90 Å². The second-order valence-electron chi connectivity index (χ2n) is 6.56. The molecule has 0 spiro atoms. The van der Waals surface area contributed by atoms with Crippen LogP contribution in [-0.2, 0) is 10.0 Å². The van der Waals surface area contributed by atoms with Crippen LogP contribution in [0.4, 0.5) is 5.69 Å². The fourth-order valence-corrected chi connectivity index (χ4v) is 3.71. The van der Waals surface area contributed by atoms with E-state index in [4.69, 9.17) is 16.9 Å². The molecule has 0 aliphatic carbocycles. The quantitative estimate of drug-likeness (QED) is 0.713. The summed E-state index contributed by atoms with van der Waals surface area (Å²) in [5.74, 6) is -0.459. The molecule has 0 aliphatic rings. The molecule has 2 rings (SSSR count). The first-order chi connectivity index (χ1) is 13.1. The molecule has 0 fully saturated rings. The summed E-state index contributed by atoms with van der Waals surface area (Å²) in [4.78, 5) is 14.7. The van der Waals surface area contributed by atoms with Crippen LogP contribution in [0.1, 0.15) is 27.9 Å². The molecule has 0 bridgehead atoms. The van der Waals surface area contributed by atoms with Gasteiger partial charge in [-0.05, 0) is 55.3 Å². The van der Waals surface area contributed by atoms with Crippen molar-refractivity contribution in [3.63, 3.8) is 0 Å². The number of nitriles is 1. The minimum atomic E-state index is -3.72. The summed E-state index contributed by atoms with van der Waals surface area (Å²) in [5, 5.41) is 9.13. The van der Waals surface area contributed by atoms with Gasteiger partial charge in [0.1, 0.15) is 0 Å². The summed E-state index contributed by atoms with van der Waals surface area (Å²) >= 11 is 6.22. The van der Waals surface area contributed by atoms with Crippen LogP contribution >= 0.6 is 11.6 Å². The van der Waals surface area contributed by atoms with Crippen molar-refractivity contribution in [3.05, 3.63) is 58.1 Å². The number of aryl methyl sites for hydroxylation is 2. The van der Waals surface area contributed by atoms with Crippen LogP contribution in [0.3, 0.4) is 0 Å². The van der Waals surface area contributed by atoms with E-state index in [0.717, 1.165) is 15.4 Å². The lowest BCUT2D eigenvalue weighted by Crippen LogP contribution is -2.32. The molecule has 2 aromatic carbocycles. The van der Waals surface area contributed by atoms with Crippen LogP contribution < -0.4 is 4.90 Å². The maximum absolute atomic E-state index is 13.2. The Morgan fingerprint density at radius 3 is 2.36 bits per heavy atom. The van der Waals surface area contributed by atoms with Crippen molar-refractivity contribution in [2.45, 2.75) is 25.2 Å². The molecular weight excluding hydrogens is 398 g/mol. The highest BCUT2D eigenvalue weighted by atomic mass is 35.5. The van der Waals surface area contributed by atoms with Gasteiger partial charge in [0.25, 0.3) is 5.91 Å². The van der Waals surface area contributed by atoms with Crippen molar-refractivity contribution >= 4 is 33.2 Å². The number of halogens is 1. The van der Waals surface area contributed by atoms with Crippen molar-refractivity contribution in [1.82, 2.24) is 4.31 Å². The lowest BCUT2D eigenvalue weighted by molar-refractivity contribution is 0.0987. The molecule has 0 unspecified atom stereocenters. The van der Waals surface area contributed by atoms with Gasteiger partial charge in [-0.2, -0.15) is 5.26 Å². The molecule has 0 aromatic heterocycles. The molecule has 0 heterocycles. The molecule has 0 saturated heterocycles. The van der Waals surface area contributed by atoms with Crippen molar-refractivity contribution in [2.75, 3.05) is 25.5 Å². The minimum Gasteiger partial charge on any atom is -0.307 e. The van der Waals surface area contributed by atoms with Crippen LogP contribution in [-0.4, -0.2) is 39.3 Å². The van der Waals surface area contributed by atoms with Gasteiger partial charge in [0.2, 0.25) is 10.0 Å². The van der Waals surface area contributed by atoms with Crippen molar-refractivity contribution in [1.29, 1.82) is 5.26 Å². The van der Waals surface area contributed by atoms with Crippen LogP contribution in [0.25, 0.3) is 0 Å². The Labute approximate surface area is 171 Å². The number of nitrogens with zero attached hydrogens (tertiary/aromatic N) is 3. The molecule has 1 amide bonds. The summed E-state index contributed by atoms with van der Waals surface area (Å²) in [6.07, 6.45) is 0.131. The van der Waals surface area contributed by atoms with Gasteiger partial charge in [0, 0.05) is 26.3 Å². The second-order valence-corrected chi connectivity index (χ2v) is 9.12. The standard InChI is InChI=1S/C20H22ClN3O3S/c1-14-6-7-16(12-15(14)2)24(11-5-10-22)20(25)18-13-17(8-9-19(18)21)28(26,27)23(3)4/h6-9,12-13H,5,11H2,1-4H3. The monoisotopic (exact) mass is 419 g/mol. The highest BCUT2D eigenvalue weighted by Crippen LogP contribution is 2.27. The topological polar surface area (TPSA) is 81.5 Å². The van der Waals surface area contributed by atoms with Gasteiger partial charge in [-0.25, -0.2) is 12.7 Å². The van der Waals surface area contributed by atoms with Gasteiger partial charge >= 0.3 is 0 Å². The molecule has 2 aromatic rings. The Hall–Kier alpha value is -2.40. The fourth-order valence-electron chi connectivity index (χ4n) is 2.59. The SMILES string of the molecule is Cc1ccc(N(CCC#N)C(=O)c2cc(S(=O)(=O)N(C)C)ccc2Cl)cc1C. The van der Waals surface area contributed by atoms with Crippen molar-refractivity contribution in [3.8, 4) is 6.07 Å². The average molecular weight is 420 g/mol. The van der Waals surface area contributed by atoms with Crippen molar-refractivity contribution in [2.24, 2.45) is 0 Å².